The number of ketones is 1. The maximum absolute atomic E-state index is 13.2. The number of allylic oxidation sites excluding steroid dienone is 1. The SMILES string of the molecule is BC1=CC(=O)C2(N)c3c(B)c(B)c(B)c(B)c3B(Cl)C2(B)C1(B)B. The van der Waals surface area contributed by atoms with Gasteiger partial charge in [0.25, 0.3) is 6.13 Å². The van der Waals surface area contributed by atoms with E-state index in [4.69, 9.17) is 17.2 Å². The van der Waals surface area contributed by atoms with Crippen molar-refractivity contribution in [2.75, 3.05) is 0 Å². The summed E-state index contributed by atoms with van der Waals surface area (Å²) in [7, 11) is 16.9. The largest absolute Gasteiger partial charge is 0.316 e. The first-order valence-corrected chi connectivity index (χ1v) is 9.05. The molecule has 2 N–H and O–H groups in total. The van der Waals surface area contributed by atoms with Crippen LogP contribution in [0.3, 0.4) is 0 Å². The summed E-state index contributed by atoms with van der Waals surface area (Å²) in [5.41, 5.74) is 13.8. The van der Waals surface area contributed by atoms with Crippen molar-refractivity contribution >= 4 is 113 Å². The van der Waals surface area contributed by atoms with Gasteiger partial charge in [-0.25, -0.2) is 0 Å². The molecule has 2 nitrogen and oxygen atoms in total. The highest BCUT2D eigenvalue weighted by molar-refractivity contribution is 7.21. The quantitative estimate of drug-likeness (QED) is 0.481. The van der Waals surface area contributed by atoms with Gasteiger partial charge in [0, 0.05) is 0 Å². The maximum atomic E-state index is 13.2. The van der Waals surface area contributed by atoms with Crippen molar-refractivity contribution in [3.05, 3.63) is 17.1 Å². The number of benzene rings is 1. The first kappa shape index (κ1) is 18.3. The first-order chi connectivity index (χ1) is 10.8. The normalized spacial score (nSPS) is 30.7. The summed E-state index contributed by atoms with van der Waals surface area (Å²) in [5, 5.41) is -0.850. The summed E-state index contributed by atoms with van der Waals surface area (Å²) < 4.78 is 0. The number of hydrogen-bond acceptors (Lipinski definition) is 2. The zero-order valence-electron chi connectivity index (χ0n) is 16.0. The molecule has 1 aromatic rings. The van der Waals surface area contributed by atoms with Crippen LogP contribution in [0, 0.1) is 0 Å². The molecule has 2 unspecified atom stereocenters. The monoisotopic (exact) mass is 327 g/mol. The van der Waals surface area contributed by atoms with E-state index in [1.54, 1.807) is 6.08 Å². The van der Waals surface area contributed by atoms with Gasteiger partial charge in [-0.15, -0.1) is 16.4 Å². The van der Waals surface area contributed by atoms with Gasteiger partial charge < -0.3 is 5.73 Å². The van der Waals surface area contributed by atoms with E-state index < -0.39 is 10.8 Å². The minimum atomic E-state index is -1.08. The molecule has 1 aliphatic carbocycles. The Hall–Kier alpha value is -0.536. The highest BCUT2D eigenvalue weighted by Gasteiger charge is 2.70. The smallest absolute Gasteiger partial charge is 0.283 e. The molecular formula is C12H19B9ClNO. The van der Waals surface area contributed by atoms with Gasteiger partial charge in [-0.3, -0.25) is 4.79 Å². The molecule has 1 aromatic carbocycles. The number of halogens is 1. The lowest BCUT2D eigenvalue weighted by molar-refractivity contribution is -0.120. The van der Waals surface area contributed by atoms with Crippen LogP contribution in [0.15, 0.2) is 11.5 Å². The Morgan fingerprint density at radius 3 is 2.00 bits per heavy atom. The summed E-state index contributed by atoms with van der Waals surface area (Å²) in [6.07, 6.45) is 1.45. The summed E-state index contributed by atoms with van der Waals surface area (Å²) in [6.45, 7) is 0. The third kappa shape index (κ3) is 1.67. The predicted octanol–water partition coefficient (Wildman–Crippen LogP) is -9.86. The molecule has 2 atom stereocenters. The minimum Gasteiger partial charge on any atom is -0.316 e. The van der Waals surface area contributed by atoms with Crippen LogP contribution in [0.1, 0.15) is 5.56 Å². The van der Waals surface area contributed by atoms with Crippen molar-refractivity contribution in [1.82, 2.24) is 0 Å². The molecule has 0 saturated heterocycles. The van der Waals surface area contributed by atoms with Crippen LogP contribution in [0.25, 0.3) is 0 Å². The third-order valence-electron chi connectivity index (χ3n) is 7.73. The second-order valence-corrected chi connectivity index (χ2v) is 8.91. The lowest BCUT2D eigenvalue weighted by Crippen LogP contribution is -2.64. The molecule has 12 heteroatoms. The van der Waals surface area contributed by atoms with Gasteiger partial charge in [-0.1, -0.05) is 21.6 Å². The Bertz CT molecular complexity index is 841. The average molecular weight is 326 g/mol. The second kappa shape index (κ2) is 5.01. The summed E-state index contributed by atoms with van der Waals surface area (Å²) in [4.78, 5) is 13.2. The van der Waals surface area contributed by atoms with E-state index in [1.807, 2.05) is 7.85 Å². The van der Waals surface area contributed by atoms with Crippen molar-refractivity contribution in [2.24, 2.45) is 5.73 Å². The lowest BCUT2D eigenvalue weighted by Gasteiger charge is -2.56. The molecular weight excluding hydrogens is 307 g/mol. The van der Waals surface area contributed by atoms with Crippen molar-refractivity contribution in [1.29, 1.82) is 0 Å². The molecule has 0 aromatic heterocycles. The standard InChI is InChI=1S/C12H19B9ClNO/c13-2-1-3(24)10(23)4-5(14)6(15)7(16)8(17)9(4)21(22)12(10,20)11(2,18)19/h1H,13-20,23H2. The number of carbonyl (C=O) groups is 1. The number of rotatable bonds is 0. The van der Waals surface area contributed by atoms with E-state index in [-0.39, 0.29) is 17.1 Å². The molecule has 1 aliphatic heterocycles. The fourth-order valence-electron chi connectivity index (χ4n) is 5.00. The van der Waals surface area contributed by atoms with Crippen LogP contribution in [0.2, 0.25) is 10.4 Å². The number of nitrogens with two attached hydrogens (primary N) is 1. The molecule has 0 bridgehead atoms. The second-order valence-electron chi connectivity index (χ2n) is 8.48. The highest BCUT2D eigenvalue weighted by atomic mass is 35.5. The van der Waals surface area contributed by atoms with Crippen molar-refractivity contribution in [2.45, 2.75) is 16.0 Å². The van der Waals surface area contributed by atoms with Gasteiger partial charge in [0.2, 0.25) is 0 Å². The molecule has 0 spiro atoms. The molecule has 0 amide bonds. The van der Waals surface area contributed by atoms with Crippen LogP contribution < -0.4 is 33.0 Å². The fourth-order valence-corrected chi connectivity index (χ4v) is 5.72. The first-order valence-electron chi connectivity index (χ1n) is 8.62. The van der Waals surface area contributed by atoms with E-state index >= 15 is 0 Å². The van der Waals surface area contributed by atoms with Crippen LogP contribution in [0.4, 0.5) is 0 Å². The minimum absolute atomic E-state index is 0.0167. The van der Waals surface area contributed by atoms with E-state index in [2.05, 4.69) is 54.9 Å². The van der Waals surface area contributed by atoms with Crippen LogP contribution in [-0.2, 0) is 10.3 Å². The topological polar surface area (TPSA) is 43.1 Å². The van der Waals surface area contributed by atoms with E-state index in [1.165, 1.54) is 16.4 Å². The Morgan fingerprint density at radius 2 is 1.46 bits per heavy atom. The Labute approximate surface area is 157 Å². The molecule has 0 saturated carbocycles. The van der Waals surface area contributed by atoms with Gasteiger partial charge in [-0.05, 0) is 16.9 Å². The molecule has 3 rings (SSSR count). The molecule has 0 fully saturated rings. The summed E-state index contributed by atoms with van der Waals surface area (Å²) in [6, 6.07) is 0. The van der Waals surface area contributed by atoms with Gasteiger partial charge in [-0.2, -0.15) is 11.5 Å². The van der Waals surface area contributed by atoms with Crippen LogP contribution in [-0.4, -0.2) is 74.7 Å². The fraction of sp³-hybridized carbons (Fsp3) is 0.250. The third-order valence-corrected chi connectivity index (χ3v) is 8.38. The van der Waals surface area contributed by atoms with Crippen LogP contribution >= 0.6 is 11.5 Å². The zero-order valence-corrected chi connectivity index (χ0v) is 16.8. The Morgan fingerprint density at radius 1 is 0.958 bits per heavy atom. The summed E-state index contributed by atoms with van der Waals surface area (Å²) >= 11 is 7.10. The van der Waals surface area contributed by atoms with Crippen molar-refractivity contribution < 1.29 is 4.79 Å². The lowest BCUT2D eigenvalue weighted by atomic mass is 9.17. The van der Waals surface area contributed by atoms with Gasteiger partial charge in [0.05, 0.1) is 5.54 Å². The Balaban J connectivity index is 2.53. The molecule has 112 valence electrons. The number of carbonyl (C=O) groups excluding carboxylic acids is 1. The molecule has 2 aliphatic rings. The number of hydrogen-bond donors (Lipinski definition) is 1. The van der Waals surface area contributed by atoms with Gasteiger partial charge >= 0.3 is 0 Å². The summed E-state index contributed by atoms with van der Waals surface area (Å²) in [5.74, 6) is -0.0167. The van der Waals surface area contributed by atoms with E-state index in [0.717, 1.165) is 22.0 Å². The van der Waals surface area contributed by atoms with Crippen LogP contribution in [0.5, 0.6) is 0 Å². The van der Waals surface area contributed by atoms with Gasteiger partial charge in [0.15, 0.2) is 5.78 Å². The molecule has 1 heterocycles. The Kier molecular flexibility index (Phi) is 3.81. The zero-order chi connectivity index (χ0) is 18.4. The van der Waals surface area contributed by atoms with E-state index in [9.17, 15) is 4.79 Å². The predicted molar refractivity (Wildman–Crippen MR) is 129 cm³/mol. The van der Waals surface area contributed by atoms with Crippen molar-refractivity contribution in [3.63, 3.8) is 0 Å². The number of fused-ring (bicyclic) bond motifs is 3. The van der Waals surface area contributed by atoms with Crippen molar-refractivity contribution in [3.8, 4) is 0 Å². The maximum Gasteiger partial charge on any atom is 0.283 e. The highest BCUT2D eigenvalue weighted by Crippen LogP contribution is 2.65. The molecule has 0 radical (unpaired) electrons. The molecule has 24 heavy (non-hydrogen) atoms. The average Bonchev–Trinajstić information content (AvgIpc) is 2.70. The van der Waals surface area contributed by atoms with Gasteiger partial charge in [0.1, 0.15) is 62.8 Å². The van der Waals surface area contributed by atoms with E-state index in [0.29, 0.717) is 0 Å².